The Morgan fingerprint density at radius 1 is 1.57 bits per heavy atom. The van der Waals surface area contributed by atoms with E-state index < -0.39 is 0 Å². The summed E-state index contributed by atoms with van der Waals surface area (Å²) in [5, 5.41) is 3.27. The molecule has 1 aromatic heterocycles. The van der Waals surface area contributed by atoms with E-state index in [-0.39, 0.29) is 5.56 Å². The van der Waals surface area contributed by atoms with E-state index in [1.807, 2.05) is 0 Å². The normalized spacial score (nSPS) is 10.8. The Kier molecular flexibility index (Phi) is 4.32. The lowest BCUT2D eigenvalue weighted by Gasteiger charge is -2.08. The van der Waals surface area contributed by atoms with Crippen LogP contribution in [0.4, 0.5) is 0 Å². The molecule has 0 saturated carbocycles. The van der Waals surface area contributed by atoms with Gasteiger partial charge in [-0.1, -0.05) is 13.8 Å². The molecule has 0 aromatic carbocycles. The minimum Gasteiger partial charge on any atom is -0.315 e. The van der Waals surface area contributed by atoms with Gasteiger partial charge in [0.2, 0.25) is 0 Å². The highest BCUT2D eigenvalue weighted by atomic mass is 16.1. The van der Waals surface area contributed by atoms with Crippen LogP contribution in [0, 0.1) is 5.92 Å². The SMILES string of the molecule is CC(C)CNCCn1cnccc1=O. The minimum atomic E-state index is 0.00588. The third-order valence-corrected chi connectivity index (χ3v) is 1.87. The molecular weight excluding hydrogens is 178 g/mol. The lowest BCUT2D eigenvalue weighted by molar-refractivity contribution is 0.517. The summed E-state index contributed by atoms with van der Waals surface area (Å²) in [4.78, 5) is 15.1. The topological polar surface area (TPSA) is 46.9 Å². The predicted octanol–water partition coefficient (Wildman–Crippen LogP) is 0.489. The zero-order chi connectivity index (χ0) is 10.4. The second kappa shape index (κ2) is 5.54. The molecular formula is C10H17N3O. The molecule has 0 bridgehead atoms. The maximum absolute atomic E-state index is 11.2. The quantitative estimate of drug-likeness (QED) is 0.695. The number of hydrogen-bond donors (Lipinski definition) is 1. The zero-order valence-electron chi connectivity index (χ0n) is 8.73. The number of aromatic nitrogens is 2. The van der Waals surface area contributed by atoms with Crippen LogP contribution < -0.4 is 10.9 Å². The first-order valence-corrected chi connectivity index (χ1v) is 4.91. The first-order chi connectivity index (χ1) is 6.70. The summed E-state index contributed by atoms with van der Waals surface area (Å²) in [6.07, 6.45) is 3.08. The first-order valence-electron chi connectivity index (χ1n) is 4.91. The van der Waals surface area contributed by atoms with E-state index in [1.54, 1.807) is 10.9 Å². The fourth-order valence-corrected chi connectivity index (χ4v) is 1.14. The molecule has 0 aliphatic rings. The molecule has 0 saturated heterocycles. The molecule has 1 aromatic rings. The molecule has 0 amide bonds. The van der Waals surface area contributed by atoms with Gasteiger partial charge < -0.3 is 5.32 Å². The number of nitrogens with zero attached hydrogens (tertiary/aromatic N) is 2. The summed E-state index contributed by atoms with van der Waals surface area (Å²) in [5.41, 5.74) is 0.00588. The van der Waals surface area contributed by atoms with Crippen molar-refractivity contribution < 1.29 is 0 Å². The highest BCUT2D eigenvalue weighted by Gasteiger charge is 1.95. The molecule has 0 aliphatic carbocycles. The molecule has 0 spiro atoms. The minimum absolute atomic E-state index is 0.00588. The van der Waals surface area contributed by atoms with E-state index in [0.29, 0.717) is 12.5 Å². The van der Waals surface area contributed by atoms with Crippen LogP contribution in [0.15, 0.2) is 23.4 Å². The van der Waals surface area contributed by atoms with Gasteiger partial charge in [0, 0.05) is 25.4 Å². The Bertz CT molecular complexity index is 319. The fourth-order valence-electron chi connectivity index (χ4n) is 1.14. The van der Waals surface area contributed by atoms with E-state index in [9.17, 15) is 4.79 Å². The molecule has 0 radical (unpaired) electrons. The molecule has 14 heavy (non-hydrogen) atoms. The van der Waals surface area contributed by atoms with Gasteiger partial charge in [0.05, 0.1) is 6.33 Å². The molecule has 0 unspecified atom stereocenters. The average molecular weight is 195 g/mol. The van der Waals surface area contributed by atoms with E-state index in [1.165, 1.54) is 12.3 Å². The van der Waals surface area contributed by atoms with Crippen LogP contribution in [0.1, 0.15) is 13.8 Å². The molecule has 0 fully saturated rings. The average Bonchev–Trinajstić information content (AvgIpc) is 2.15. The molecule has 1 rings (SSSR count). The summed E-state index contributed by atoms with van der Waals surface area (Å²) < 4.78 is 1.60. The summed E-state index contributed by atoms with van der Waals surface area (Å²) >= 11 is 0. The van der Waals surface area contributed by atoms with Crippen LogP contribution in [0.2, 0.25) is 0 Å². The van der Waals surface area contributed by atoms with Gasteiger partial charge in [-0.3, -0.25) is 9.36 Å². The van der Waals surface area contributed by atoms with Gasteiger partial charge in [0.1, 0.15) is 0 Å². The van der Waals surface area contributed by atoms with E-state index >= 15 is 0 Å². The van der Waals surface area contributed by atoms with E-state index in [0.717, 1.165) is 13.1 Å². The van der Waals surface area contributed by atoms with E-state index in [2.05, 4.69) is 24.1 Å². The molecule has 1 heterocycles. The van der Waals surface area contributed by atoms with Gasteiger partial charge in [0.15, 0.2) is 0 Å². The third kappa shape index (κ3) is 3.70. The molecule has 4 heteroatoms. The van der Waals surface area contributed by atoms with Crippen LogP contribution in [0.5, 0.6) is 0 Å². The molecule has 4 nitrogen and oxygen atoms in total. The van der Waals surface area contributed by atoms with Crippen molar-refractivity contribution in [3.63, 3.8) is 0 Å². The Morgan fingerprint density at radius 2 is 2.36 bits per heavy atom. The van der Waals surface area contributed by atoms with Crippen molar-refractivity contribution in [2.24, 2.45) is 5.92 Å². The van der Waals surface area contributed by atoms with E-state index in [4.69, 9.17) is 0 Å². The smallest absolute Gasteiger partial charge is 0.253 e. The van der Waals surface area contributed by atoms with Crippen molar-refractivity contribution in [3.05, 3.63) is 28.9 Å². The largest absolute Gasteiger partial charge is 0.315 e. The first kappa shape index (κ1) is 10.9. The van der Waals surface area contributed by atoms with Gasteiger partial charge in [-0.25, -0.2) is 4.98 Å². The maximum atomic E-state index is 11.2. The lowest BCUT2D eigenvalue weighted by atomic mass is 10.2. The zero-order valence-corrected chi connectivity index (χ0v) is 8.73. The second-order valence-electron chi connectivity index (χ2n) is 3.71. The van der Waals surface area contributed by atoms with Gasteiger partial charge in [-0.15, -0.1) is 0 Å². The number of hydrogen-bond acceptors (Lipinski definition) is 3. The van der Waals surface area contributed by atoms with Crippen molar-refractivity contribution in [3.8, 4) is 0 Å². The van der Waals surface area contributed by atoms with Crippen LogP contribution >= 0.6 is 0 Å². The van der Waals surface area contributed by atoms with Crippen molar-refractivity contribution in [2.45, 2.75) is 20.4 Å². The highest BCUT2D eigenvalue weighted by molar-refractivity contribution is 4.81. The fraction of sp³-hybridized carbons (Fsp3) is 0.600. The summed E-state index contributed by atoms with van der Waals surface area (Å²) in [7, 11) is 0. The van der Waals surface area contributed by atoms with Gasteiger partial charge >= 0.3 is 0 Å². The number of nitrogens with one attached hydrogen (secondary N) is 1. The molecule has 0 aliphatic heterocycles. The van der Waals surface area contributed by atoms with Crippen LogP contribution in [-0.4, -0.2) is 22.6 Å². The highest BCUT2D eigenvalue weighted by Crippen LogP contribution is 1.86. The number of rotatable bonds is 5. The summed E-state index contributed by atoms with van der Waals surface area (Å²) in [6, 6.07) is 1.47. The monoisotopic (exact) mass is 195 g/mol. The maximum Gasteiger partial charge on any atom is 0.253 e. The second-order valence-corrected chi connectivity index (χ2v) is 3.71. The molecule has 0 atom stereocenters. The van der Waals surface area contributed by atoms with Crippen molar-refractivity contribution in [2.75, 3.05) is 13.1 Å². The Morgan fingerprint density at radius 3 is 3.00 bits per heavy atom. The van der Waals surface area contributed by atoms with Gasteiger partial charge in [-0.05, 0) is 12.5 Å². The van der Waals surface area contributed by atoms with Crippen LogP contribution in [0.25, 0.3) is 0 Å². The van der Waals surface area contributed by atoms with Crippen molar-refractivity contribution in [1.29, 1.82) is 0 Å². The third-order valence-electron chi connectivity index (χ3n) is 1.87. The van der Waals surface area contributed by atoms with Crippen LogP contribution in [0.3, 0.4) is 0 Å². The molecule has 78 valence electrons. The Balaban J connectivity index is 2.32. The van der Waals surface area contributed by atoms with Crippen molar-refractivity contribution in [1.82, 2.24) is 14.9 Å². The van der Waals surface area contributed by atoms with Crippen molar-refractivity contribution >= 4 is 0 Å². The standard InChI is InChI=1S/C10H17N3O/c1-9(2)7-11-5-6-13-8-12-4-3-10(13)14/h3-4,8-9,11H,5-7H2,1-2H3. The van der Waals surface area contributed by atoms with Crippen LogP contribution in [-0.2, 0) is 6.54 Å². The summed E-state index contributed by atoms with van der Waals surface area (Å²) in [5.74, 6) is 0.639. The summed E-state index contributed by atoms with van der Waals surface area (Å²) in [6.45, 7) is 6.78. The van der Waals surface area contributed by atoms with Gasteiger partial charge in [0.25, 0.3) is 5.56 Å². The predicted molar refractivity (Wildman–Crippen MR) is 56.2 cm³/mol. The molecule has 1 N–H and O–H groups in total. The van der Waals surface area contributed by atoms with Gasteiger partial charge in [-0.2, -0.15) is 0 Å². The Labute approximate surface area is 84.0 Å². The Hall–Kier alpha value is -1.16. The lowest BCUT2D eigenvalue weighted by Crippen LogP contribution is -2.28.